The van der Waals surface area contributed by atoms with Gasteiger partial charge in [-0.25, -0.2) is 4.98 Å². The maximum absolute atomic E-state index is 5.94. The third-order valence-electron chi connectivity index (χ3n) is 3.06. The van der Waals surface area contributed by atoms with Gasteiger partial charge in [0.1, 0.15) is 5.15 Å². The highest BCUT2D eigenvalue weighted by molar-refractivity contribution is 7.99. The quantitative estimate of drug-likeness (QED) is 0.828. The van der Waals surface area contributed by atoms with Gasteiger partial charge in [-0.1, -0.05) is 29.8 Å². The van der Waals surface area contributed by atoms with E-state index in [1.54, 1.807) is 6.20 Å². The molecule has 0 aliphatic carbocycles. The normalized spacial score (nSPS) is 17.6. The van der Waals surface area contributed by atoms with E-state index in [0.29, 0.717) is 11.2 Å². The lowest BCUT2D eigenvalue weighted by atomic mass is 10.1. The zero-order valence-corrected chi connectivity index (χ0v) is 11.6. The molecule has 1 aromatic heterocycles. The van der Waals surface area contributed by atoms with Crippen molar-refractivity contribution < 1.29 is 0 Å². The maximum Gasteiger partial charge on any atom is 0.132 e. The second-order valence-electron chi connectivity index (χ2n) is 4.38. The van der Waals surface area contributed by atoms with Gasteiger partial charge in [-0.05, 0) is 30.2 Å². The molecule has 4 heteroatoms. The van der Waals surface area contributed by atoms with Crippen LogP contribution >= 0.6 is 23.4 Å². The van der Waals surface area contributed by atoms with Crippen LogP contribution in [-0.4, -0.2) is 10.7 Å². The summed E-state index contributed by atoms with van der Waals surface area (Å²) in [5.41, 5.74) is 3.40. The fourth-order valence-corrected chi connectivity index (χ4v) is 3.38. The number of rotatable bonds is 2. The molecule has 2 nitrogen and oxygen atoms in total. The molecular weight excluding hydrogens is 264 g/mol. The van der Waals surface area contributed by atoms with Crippen LogP contribution in [0.1, 0.15) is 17.2 Å². The number of hydrogen-bond acceptors (Lipinski definition) is 3. The summed E-state index contributed by atoms with van der Waals surface area (Å²) in [6, 6.07) is 10.9. The minimum atomic E-state index is 0.355. The van der Waals surface area contributed by atoms with Gasteiger partial charge in [0.05, 0.1) is 17.9 Å². The molecule has 1 atom stereocenters. The van der Waals surface area contributed by atoms with E-state index in [-0.39, 0.29) is 0 Å². The van der Waals surface area contributed by atoms with Crippen molar-refractivity contribution in [3.05, 3.63) is 52.8 Å². The highest BCUT2D eigenvalue weighted by Crippen LogP contribution is 2.39. The number of benzene rings is 1. The van der Waals surface area contributed by atoms with Gasteiger partial charge >= 0.3 is 0 Å². The first-order chi connectivity index (χ1) is 8.74. The summed E-state index contributed by atoms with van der Waals surface area (Å²) in [5, 5.41) is 4.09. The lowest BCUT2D eigenvalue weighted by Crippen LogP contribution is -2.10. The van der Waals surface area contributed by atoms with Gasteiger partial charge in [0, 0.05) is 10.6 Å². The van der Waals surface area contributed by atoms with Gasteiger partial charge in [0.25, 0.3) is 0 Å². The Morgan fingerprint density at radius 2 is 2.22 bits per heavy atom. The van der Waals surface area contributed by atoms with Crippen molar-refractivity contribution in [3.63, 3.8) is 0 Å². The first-order valence-corrected chi connectivity index (χ1v) is 7.21. The summed E-state index contributed by atoms with van der Waals surface area (Å²) in [7, 11) is 0. The highest BCUT2D eigenvalue weighted by atomic mass is 35.5. The van der Waals surface area contributed by atoms with Gasteiger partial charge in [-0.2, -0.15) is 0 Å². The number of thioether (sulfide) groups is 1. The fraction of sp³-hybridized carbons (Fsp3) is 0.214. The molecule has 0 radical (unpaired) electrons. The lowest BCUT2D eigenvalue weighted by Gasteiger charge is -2.15. The van der Waals surface area contributed by atoms with Crippen molar-refractivity contribution in [3.8, 4) is 0 Å². The van der Waals surface area contributed by atoms with Crippen molar-refractivity contribution >= 4 is 29.1 Å². The zero-order chi connectivity index (χ0) is 12.5. The lowest BCUT2D eigenvalue weighted by molar-refractivity contribution is 0.897. The summed E-state index contributed by atoms with van der Waals surface area (Å²) in [6.45, 7) is 1.97. The Hall–Kier alpha value is -1.19. The molecule has 0 saturated carbocycles. The summed E-state index contributed by atoms with van der Waals surface area (Å²) in [5.74, 6) is 1.06. The van der Waals surface area contributed by atoms with E-state index in [9.17, 15) is 0 Å². The molecule has 1 aliphatic heterocycles. The first-order valence-electron chi connectivity index (χ1n) is 5.84. The number of nitrogens with zero attached hydrogens (tertiary/aromatic N) is 1. The molecule has 1 aromatic carbocycles. The molecule has 92 valence electrons. The number of fused-ring (bicyclic) bond motifs is 1. The predicted octanol–water partition coefficient (Wildman–Crippen LogP) is 4.30. The van der Waals surface area contributed by atoms with Crippen LogP contribution in [0.25, 0.3) is 0 Å². The smallest absolute Gasteiger partial charge is 0.132 e. The SMILES string of the molecule is Cc1cc(NC2CSc3ccccc32)cnc1Cl. The van der Waals surface area contributed by atoms with Gasteiger partial charge in [-0.15, -0.1) is 11.8 Å². The van der Waals surface area contributed by atoms with Crippen molar-refractivity contribution in [2.45, 2.75) is 17.9 Å². The average molecular weight is 277 g/mol. The van der Waals surface area contributed by atoms with E-state index in [2.05, 4.69) is 34.6 Å². The molecule has 2 heterocycles. The number of hydrogen-bond donors (Lipinski definition) is 1. The Labute approximate surface area is 116 Å². The summed E-state index contributed by atoms with van der Waals surface area (Å²) in [6.07, 6.45) is 1.79. The summed E-state index contributed by atoms with van der Waals surface area (Å²) >= 11 is 7.83. The number of aromatic nitrogens is 1. The summed E-state index contributed by atoms with van der Waals surface area (Å²) in [4.78, 5) is 5.54. The predicted molar refractivity (Wildman–Crippen MR) is 77.5 cm³/mol. The number of nitrogens with one attached hydrogen (secondary N) is 1. The molecule has 18 heavy (non-hydrogen) atoms. The van der Waals surface area contributed by atoms with E-state index < -0.39 is 0 Å². The van der Waals surface area contributed by atoms with E-state index in [0.717, 1.165) is 17.0 Å². The van der Waals surface area contributed by atoms with E-state index in [1.165, 1.54) is 10.5 Å². The topological polar surface area (TPSA) is 24.9 Å². The molecule has 0 fully saturated rings. The zero-order valence-electron chi connectivity index (χ0n) is 9.98. The van der Waals surface area contributed by atoms with Crippen LogP contribution < -0.4 is 5.32 Å². The number of pyridine rings is 1. The van der Waals surface area contributed by atoms with Crippen molar-refractivity contribution in [2.75, 3.05) is 11.1 Å². The van der Waals surface area contributed by atoms with Crippen LogP contribution in [0.4, 0.5) is 5.69 Å². The third-order valence-corrected chi connectivity index (χ3v) is 4.63. The average Bonchev–Trinajstić information content (AvgIpc) is 2.78. The standard InChI is InChI=1S/C14H13ClN2S/c1-9-6-10(7-16-14(9)15)17-12-8-18-13-5-3-2-4-11(12)13/h2-7,12,17H,8H2,1H3. The molecule has 0 bridgehead atoms. The molecule has 0 spiro atoms. The van der Waals surface area contributed by atoms with Crippen LogP contribution in [0.3, 0.4) is 0 Å². The highest BCUT2D eigenvalue weighted by Gasteiger charge is 2.22. The van der Waals surface area contributed by atoms with Gasteiger partial charge in [0.2, 0.25) is 0 Å². The van der Waals surface area contributed by atoms with Crippen molar-refractivity contribution in [2.24, 2.45) is 0 Å². The van der Waals surface area contributed by atoms with Crippen LogP contribution in [0.2, 0.25) is 5.15 Å². The van der Waals surface area contributed by atoms with E-state index in [1.807, 2.05) is 24.8 Å². The Balaban J connectivity index is 1.84. The second kappa shape index (κ2) is 4.82. The largest absolute Gasteiger partial charge is 0.376 e. The minimum Gasteiger partial charge on any atom is -0.376 e. The van der Waals surface area contributed by atoms with E-state index in [4.69, 9.17) is 11.6 Å². The van der Waals surface area contributed by atoms with Crippen LogP contribution in [0, 0.1) is 6.92 Å². The minimum absolute atomic E-state index is 0.355. The van der Waals surface area contributed by atoms with Crippen molar-refractivity contribution in [1.29, 1.82) is 0 Å². The summed E-state index contributed by atoms with van der Waals surface area (Å²) < 4.78 is 0. The first kappa shape index (κ1) is 11.9. The Bertz CT molecular complexity index is 586. The number of anilines is 1. The van der Waals surface area contributed by atoms with Crippen LogP contribution in [0.5, 0.6) is 0 Å². The monoisotopic (exact) mass is 276 g/mol. The van der Waals surface area contributed by atoms with Gasteiger partial charge in [-0.3, -0.25) is 0 Å². The molecule has 0 saturated heterocycles. The van der Waals surface area contributed by atoms with E-state index >= 15 is 0 Å². The van der Waals surface area contributed by atoms with Gasteiger partial charge in [0.15, 0.2) is 0 Å². The molecule has 0 amide bonds. The number of aryl methyl sites for hydroxylation is 1. The molecule has 1 unspecified atom stereocenters. The van der Waals surface area contributed by atoms with Crippen LogP contribution in [-0.2, 0) is 0 Å². The Kier molecular flexibility index (Phi) is 3.18. The molecule has 3 rings (SSSR count). The molecule has 2 aromatic rings. The Morgan fingerprint density at radius 1 is 1.39 bits per heavy atom. The second-order valence-corrected chi connectivity index (χ2v) is 5.80. The van der Waals surface area contributed by atoms with Crippen molar-refractivity contribution in [1.82, 2.24) is 4.98 Å². The fourth-order valence-electron chi connectivity index (χ4n) is 2.12. The van der Waals surface area contributed by atoms with Crippen LogP contribution in [0.15, 0.2) is 41.4 Å². The maximum atomic E-state index is 5.94. The molecule has 1 aliphatic rings. The third kappa shape index (κ3) is 2.20. The Morgan fingerprint density at radius 3 is 3.06 bits per heavy atom. The molecule has 1 N–H and O–H groups in total. The molecular formula is C14H13ClN2S. The van der Waals surface area contributed by atoms with Gasteiger partial charge < -0.3 is 5.32 Å². The number of halogens is 1.